The van der Waals surface area contributed by atoms with Crippen LogP contribution in [0.5, 0.6) is 0 Å². The molecule has 1 amide bonds. The van der Waals surface area contributed by atoms with Crippen molar-refractivity contribution in [3.8, 4) is 0 Å². The van der Waals surface area contributed by atoms with Crippen molar-refractivity contribution >= 4 is 58.9 Å². The van der Waals surface area contributed by atoms with Gasteiger partial charge in [0.05, 0.1) is 29.8 Å². The van der Waals surface area contributed by atoms with Gasteiger partial charge < -0.3 is 67.8 Å². The topological polar surface area (TPSA) is 321 Å². The summed E-state index contributed by atoms with van der Waals surface area (Å²) >= 11 is 0. The predicted molar refractivity (Wildman–Crippen MR) is 404 cm³/mol. The van der Waals surface area contributed by atoms with Crippen molar-refractivity contribution in [1.29, 1.82) is 0 Å². The highest BCUT2D eigenvalue weighted by atomic mass is 16.6. The third-order valence-electron chi connectivity index (χ3n) is 24.0. The van der Waals surface area contributed by atoms with Crippen molar-refractivity contribution in [3.05, 3.63) is 119 Å². The Morgan fingerprint density at radius 1 is 0.807 bits per heavy atom. The number of aliphatic hydroxyl groups is 3. The molecule has 0 aromatic heterocycles. The van der Waals surface area contributed by atoms with Gasteiger partial charge in [0.25, 0.3) is 11.7 Å². The number of esters is 5. The highest BCUT2D eigenvalue weighted by Crippen LogP contribution is 2.64. The molecule has 4 aliphatic carbocycles. The third kappa shape index (κ3) is 20.1. The summed E-state index contributed by atoms with van der Waals surface area (Å²) in [5.74, 6) is -13.2. The van der Waals surface area contributed by atoms with Gasteiger partial charge in [-0.3, -0.25) is 38.4 Å². The van der Waals surface area contributed by atoms with Crippen LogP contribution in [0.2, 0.25) is 0 Å². The number of fused-ring (bicyclic) bond motifs is 7. The minimum Gasteiger partial charge on any atom is -0.504 e. The average molecular weight is 1520 g/mol. The molecule has 2 bridgehead atoms. The van der Waals surface area contributed by atoms with Gasteiger partial charge in [0.2, 0.25) is 11.6 Å². The Labute approximate surface area is 642 Å². The Bertz CT molecular complexity index is 3650. The molecule has 2 unspecified atom stereocenters. The predicted octanol–water partition coefficient (Wildman–Crippen LogP) is 10.9. The van der Waals surface area contributed by atoms with E-state index in [1.165, 1.54) is 27.3 Å². The lowest BCUT2D eigenvalue weighted by Crippen LogP contribution is -2.60. The molecule has 0 aromatic carbocycles. The molecule has 24 heteroatoms. The molecule has 4 heterocycles. The van der Waals surface area contributed by atoms with Crippen molar-refractivity contribution in [2.75, 3.05) is 47.6 Å². The molecule has 600 valence electrons. The number of nitrogens with zero attached hydrogens (tertiary/aromatic N) is 2. The molecule has 4 aliphatic heterocycles. The maximum absolute atomic E-state index is 14.9. The van der Waals surface area contributed by atoms with E-state index in [2.05, 4.69) is 13.2 Å². The molecule has 2 saturated heterocycles. The van der Waals surface area contributed by atoms with Crippen molar-refractivity contribution < 1.29 is 106 Å². The summed E-state index contributed by atoms with van der Waals surface area (Å²) in [5.41, 5.74) is -0.598. The molecule has 24 nitrogen and oxygen atoms in total. The number of amides is 1. The lowest BCUT2D eigenvalue weighted by molar-refractivity contribution is -0.265. The number of hydrogen-bond donors (Lipinski definition) is 3. The van der Waals surface area contributed by atoms with Gasteiger partial charge in [-0.1, -0.05) is 102 Å². The largest absolute Gasteiger partial charge is 0.504 e. The number of ether oxygens (including phenoxy) is 9. The smallest absolute Gasteiger partial charge is 0.340 e. The maximum Gasteiger partial charge on any atom is 0.340 e. The van der Waals surface area contributed by atoms with E-state index in [0.717, 1.165) is 10.5 Å². The fraction of sp³-hybridized carbons (Fsp3) is 0.647. The number of methoxy groups -OCH3 is 3. The van der Waals surface area contributed by atoms with E-state index in [0.29, 0.717) is 101 Å². The van der Waals surface area contributed by atoms with E-state index in [-0.39, 0.29) is 91.8 Å². The van der Waals surface area contributed by atoms with Gasteiger partial charge >= 0.3 is 29.8 Å². The molecule has 8 aliphatic rings. The van der Waals surface area contributed by atoms with Gasteiger partial charge in [0.1, 0.15) is 54.6 Å². The monoisotopic (exact) mass is 1520 g/mol. The zero-order valence-electron chi connectivity index (χ0n) is 66.1. The first-order chi connectivity index (χ1) is 51.7. The highest BCUT2D eigenvalue weighted by molar-refractivity contribution is 6.39. The Morgan fingerprint density at radius 3 is 2.13 bits per heavy atom. The molecule has 8 rings (SSSR count). The second-order valence-electron chi connectivity index (χ2n) is 32.0. The first-order valence-electron chi connectivity index (χ1n) is 39.0. The van der Waals surface area contributed by atoms with Crippen LogP contribution in [0, 0.1) is 52.3 Å². The molecule has 109 heavy (non-hydrogen) atoms. The summed E-state index contributed by atoms with van der Waals surface area (Å²) in [4.78, 5) is 144. The molecule has 18 atom stereocenters. The Hall–Kier alpha value is -7.74. The summed E-state index contributed by atoms with van der Waals surface area (Å²) in [5, 5.41) is 35.9. The SMILES string of the molecule is C=CCN(/C=C1/C(=O)O[C@H](COC)[C@@]2(C)C1=C(O)C(=O)C1=C2[C@H](OC(C)=O)C[C@@]2(C)C1CC[C@@H]2OC(=O)CCCCC(=O)O[C@H]1CC[C@H](C[C@@H](C)[C@@H]2CC(=O)C(C)/C=C(\C)[C@@H](O)[C@@H](OC)C(=O)[C@H](C)C[C@H](C)/C=C/C=C/C=C(\C)[C@@H](OC)C[C@@H]3CC[C@@H](C)[C@@](O)(O3)C(=O)C(=O)N3CC=CC[C@H]3C(=O)O2)CC1)CC=C. The highest BCUT2D eigenvalue weighted by Gasteiger charge is 2.65. The van der Waals surface area contributed by atoms with Gasteiger partial charge in [-0.2, -0.15) is 0 Å². The maximum atomic E-state index is 14.9. The van der Waals surface area contributed by atoms with Crippen molar-refractivity contribution in [2.45, 2.75) is 252 Å². The van der Waals surface area contributed by atoms with Crippen LogP contribution in [0.1, 0.15) is 185 Å². The summed E-state index contributed by atoms with van der Waals surface area (Å²) < 4.78 is 54.1. The summed E-state index contributed by atoms with van der Waals surface area (Å²) in [6.45, 7) is 25.3. The van der Waals surface area contributed by atoms with E-state index >= 15 is 0 Å². The first-order valence-corrected chi connectivity index (χ1v) is 39.0. The van der Waals surface area contributed by atoms with Crippen LogP contribution in [-0.4, -0.2) is 198 Å². The molecule has 3 N–H and O–H groups in total. The summed E-state index contributed by atoms with van der Waals surface area (Å²) in [7, 11) is 4.35. The third-order valence-corrected chi connectivity index (χ3v) is 24.0. The van der Waals surface area contributed by atoms with Gasteiger partial charge in [0, 0.05) is 114 Å². The van der Waals surface area contributed by atoms with Gasteiger partial charge in [-0.25, -0.2) is 9.59 Å². The standard InChI is InChI=1S/C85H118N2O22/c1-16-38-86(39-17-2)47-60-72-77(95)76(94)71-61-36-37-67(83(61,11)46-66(104-56(10)88)73(71)84(72,12)68(48-101-13)108-81(60)98)107-70(91)29-22-21-28-69(90)105-58-34-31-57(32-35-58)43-52(6)65-45-63(89)51(5)42-54(8)75(93)78(103-15)74(92)53(7)41-49(3)25-19-18-20-26-50(4)64(102-14)44-59-33-30-55(9)85(100,109-59)79(96)80(97)87-40-24-23-27-62(87)82(99)106-65/h16-20,23-26,42,47,49,51-53,55,57-59,61-62,64-68,75,78,93,95,100H,1-2,21-22,27-41,43-46,48H2,3-15H3/b20-18+,25-19+,50-26+,54-42+,60-47+/t49-,51?,52-,53-,55-,57-,58-,59+,61?,62+,64+,65+,66-,67+,68-,75-,78+,83+,84+,85-/m1/s1. The van der Waals surface area contributed by atoms with E-state index in [4.69, 9.17) is 42.6 Å². The number of carbonyl (C=O) groups is 10. The van der Waals surface area contributed by atoms with Crippen LogP contribution in [0.25, 0.3) is 0 Å². The number of carbonyl (C=O) groups excluding carboxylic acids is 10. The fourth-order valence-electron chi connectivity index (χ4n) is 17.8. The van der Waals surface area contributed by atoms with E-state index in [9.17, 15) is 63.3 Å². The zero-order chi connectivity index (χ0) is 80.0. The van der Waals surface area contributed by atoms with Crippen LogP contribution in [0.3, 0.4) is 0 Å². The van der Waals surface area contributed by atoms with Crippen molar-refractivity contribution in [2.24, 2.45) is 52.3 Å². The molecular formula is C85H118N2O22. The molecule has 0 radical (unpaired) electrons. The van der Waals surface area contributed by atoms with Crippen LogP contribution in [-0.2, 0) is 90.6 Å². The lowest BCUT2D eigenvalue weighted by atomic mass is 9.53. The van der Waals surface area contributed by atoms with Gasteiger partial charge in [-0.05, 0) is 151 Å². The molecule has 0 spiro atoms. The van der Waals surface area contributed by atoms with Crippen LogP contribution in [0.15, 0.2) is 119 Å². The minimum absolute atomic E-state index is 0.0211. The van der Waals surface area contributed by atoms with E-state index < -0.39 is 160 Å². The second-order valence-corrected chi connectivity index (χ2v) is 32.0. The lowest BCUT2D eigenvalue weighted by Gasteiger charge is -2.54. The van der Waals surface area contributed by atoms with Crippen molar-refractivity contribution in [3.63, 3.8) is 0 Å². The first kappa shape index (κ1) is 86.8. The van der Waals surface area contributed by atoms with Crippen LogP contribution < -0.4 is 0 Å². The number of unbranched alkanes of at least 4 members (excludes halogenated alkanes) is 1. The Balaban J connectivity index is 0.905. The quantitative estimate of drug-likeness (QED) is 0.0255. The molecule has 2 saturated carbocycles. The van der Waals surface area contributed by atoms with Crippen molar-refractivity contribution in [1.82, 2.24) is 9.80 Å². The van der Waals surface area contributed by atoms with E-state index in [1.807, 2.05) is 58.1 Å². The Kier molecular flexibility index (Phi) is 30.6. The number of ketones is 4. The number of hydrogen-bond acceptors (Lipinski definition) is 23. The molecule has 4 fully saturated rings. The zero-order valence-corrected chi connectivity index (χ0v) is 66.1. The van der Waals surface area contributed by atoms with Crippen LogP contribution in [0.4, 0.5) is 0 Å². The number of allylic oxidation sites excluding steroid dienone is 7. The van der Waals surface area contributed by atoms with E-state index in [1.54, 1.807) is 77.0 Å². The van der Waals surface area contributed by atoms with Gasteiger partial charge in [0.15, 0.2) is 11.5 Å². The fourth-order valence-corrected chi connectivity index (χ4v) is 17.8. The minimum atomic E-state index is -2.52. The molecular weight excluding hydrogens is 1400 g/mol. The average Bonchev–Trinajstić information content (AvgIpc) is 1.66. The van der Waals surface area contributed by atoms with Gasteiger partial charge in [-0.15, -0.1) is 13.2 Å². The number of rotatable bonds is 20. The Morgan fingerprint density at radius 2 is 1.49 bits per heavy atom. The number of aliphatic hydroxyl groups excluding tert-OH is 2. The summed E-state index contributed by atoms with van der Waals surface area (Å²) in [6.07, 6.45) is 16.7. The molecule has 0 aromatic rings. The second kappa shape index (κ2) is 38.5. The number of cyclic esters (lactones) is 2. The number of Topliss-reactive ketones (excluding diaryl/α,β-unsaturated/α-hetero) is 4. The van der Waals surface area contributed by atoms with Crippen LogP contribution >= 0.6 is 0 Å². The summed E-state index contributed by atoms with van der Waals surface area (Å²) in [6, 6.07) is -1.31. The normalized spacial score (nSPS) is 36.3.